The van der Waals surface area contributed by atoms with Gasteiger partial charge in [0.2, 0.25) is 0 Å². The second-order valence-electron chi connectivity index (χ2n) is 5.18. The molecule has 0 spiro atoms. The van der Waals surface area contributed by atoms with Crippen LogP contribution >= 0.6 is 11.3 Å². The summed E-state index contributed by atoms with van der Waals surface area (Å²) in [6.45, 7) is 3.69. The number of carboxylic acid groups (broad SMARTS) is 1. The van der Waals surface area contributed by atoms with E-state index in [1.165, 1.54) is 23.5 Å². The molecule has 0 saturated heterocycles. The van der Waals surface area contributed by atoms with Gasteiger partial charge in [0.05, 0.1) is 11.3 Å². The molecule has 0 aliphatic carbocycles. The van der Waals surface area contributed by atoms with Crippen molar-refractivity contribution >= 4 is 33.3 Å². The number of amides is 1. The maximum absolute atomic E-state index is 13.6. The Bertz CT molecular complexity index is 681. The summed E-state index contributed by atoms with van der Waals surface area (Å²) < 4.78 is 14.3. The summed E-state index contributed by atoms with van der Waals surface area (Å²) in [5.74, 6) is -1.70. The van der Waals surface area contributed by atoms with Crippen LogP contribution in [0.1, 0.15) is 29.9 Å². The summed E-state index contributed by atoms with van der Waals surface area (Å²) in [5.41, 5.74) is 0. The summed E-state index contributed by atoms with van der Waals surface area (Å²) in [4.78, 5) is 23.4. The van der Waals surface area contributed by atoms with Crippen LogP contribution in [0.2, 0.25) is 0 Å². The lowest BCUT2D eigenvalue weighted by Gasteiger charge is -2.20. The first kappa shape index (κ1) is 15.4. The van der Waals surface area contributed by atoms with Crippen LogP contribution in [0.4, 0.5) is 4.39 Å². The fourth-order valence-electron chi connectivity index (χ4n) is 2.02. The van der Waals surface area contributed by atoms with E-state index in [4.69, 9.17) is 5.11 Å². The van der Waals surface area contributed by atoms with Crippen LogP contribution in [0.25, 0.3) is 10.1 Å². The summed E-state index contributed by atoms with van der Waals surface area (Å²) in [6, 6.07) is 5.74. The highest BCUT2D eigenvalue weighted by Crippen LogP contribution is 2.27. The summed E-state index contributed by atoms with van der Waals surface area (Å²) in [5, 5.41) is 12.0. The number of carbonyl (C=O) groups excluding carboxylic acids is 1. The normalized spacial score (nSPS) is 12.6. The predicted molar refractivity (Wildman–Crippen MR) is 80.1 cm³/mol. The Kier molecular flexibility index (Phi) is 4.57. The molecule has 1 aromatic heterocycles. The molecule has 2 N–H and O–H groups in total. The molecule has 1 amide bonds. The Balaban J connectivity index is 2.21. The Morgan fingerprint density at radius 1 is 1.38 bits per heavy atom. The Morgan fingerprint density at radius 2 is 2.10 bits per heavy atom. The molecule has 6 heteroatoms. The third-order valence-electron chi connectivity index (χ3n) is 3.25. The van der Waals surface area contributed by atoms with Crippen molar-refractivity contribution in [2.45, 2.75) is 26.3 Å². The van der Waals surface area contributed by atoms with Gasteiger partial charge in [-0.05, 0) is 24.1 Å². The van der Waals surface area contributed by atoms with Gasteiger partial charge in [0.25, 0.3) is 5.91 Å². The monoisotopic (exact) mass is 309 g/mol. The third-order valence-corrected chi connectivity index (χ3v) is 4.35. The second-order valence-corrected chi connectivity index (χ2v) is 6.27. The average Bonchev–Trinajstić information content (AvgIpc) is 2.82. The fraction of sp³-hybridized carbons (Fsp3) is 0.333. The average molecular weight is 309 g/mol. The van der Waals surface area contributed by atoms with Gasteiger partial charge in [-0.25, -0.2) is 4.39 Å². The highest BCUT2D eigenvalue weighted by Gasteiger charge is 2.21. The number of benzene rings is 1. The first-order valence-corrected chi connectivity index (χ1v) is 7.41. The largest absolute Gasteiger partial charge is 0.481 e. The molecule has 1 heterocycles. The van der Waals surface area contributed by atoms with Gasteiger partial charge in [-0.3, -0.25) is 9.59 Å². The van der Waals surface area contributed by atoms with Crippen molar-refractivity contribution in [2.24, 2.45) is 5.92 Å². The summed E-state index contributed by atoms with van der Waals surface area (Å²) >= 11 is 1.19. The van der Waals surface area contributed by atoms with E-state index in [0.717, 1.165) is 0 Å². The molecule has 1 unspecified atom stereocenters. The number of carbonyl (C=O) groups is 2. The minimum atomic E-state index is -0.962. The number of carboxylic acids is 1. The predicted octanol–water partition coefficient (Wildman–Crippen LogP) is 3.27. The number of rotatable bonds is 5. The topological polar surface area (TPSA) is 66.4 Å². The van der Waals surface area contributed by atoms with Gasteiger partial charge in [0, 0.05) is 16.1 Å². The van der Waals surface area contributed by atoms with Gasteiger partial charge >= 0.3 is 5.97 Å². The maximum Gasteiger partial charge on any atom is 0.305 e. The summed E-state index contributed by atoms with van der Waals surface area (Å²) in [6.07, 6.45) is -0.136. The van der Waals surface area contributed by atoms with Gasteiger partial charge in [0.15, 0.2) is 0 Å². The van der Waals surface area contributed by atoms with Crippen molar-refractivity contribution in [1.82, 2.24) is 5.32 Å². The number of aliphatic carboxylic acids is 1. The van der Waals surface area contributed by atoms with E-state index >= 15 is 0 Å². The Morgan fingerprint density at radius 3 is 2.67 bits per heavy atom. The lowest BCUT2D eigenvalue weighted by Crippen LogP contribution is -2.39. The number of thiophene rings is 1. The van der Waals surface area contributed by atoms with Crippen molar-refractivity contribution in [3.05, 3.63) is 35.0 Å². The van der Waals surface area contributed by atoms with Crippen LogP contribution in [0.15, 0.2) is 24.3 Å². The number of hydrogen-bond donors (Lipinski definition) is 2. The molecule has 0 radical (unpaired) electrons. The second kappa shape index (κ2) is 6.22. The molecule has 4 nitrogen and oxygen atoms in total. The van der Waals surface area contributed by atoms with Crippen molar-refractivity contribution in [1.29, 1.82) is 0 Å². The lowest BCUT2D eigenvalue weighted by molar-refractivity contribution is -0.137. The van der Waals surface area contributed by atoms with Gasteiger partial charge in [-0.1, -0.05) is 19.9 Å². The third kappa shape index (κ3) is 3.58. The lowest BCUT2D eigenvalue weighted by atomic mass is 10.0. The first-order chi connectivity index (χ1) is 9.88. The van der Waals surface area contributed by atoms with Gasteiger partial charge in [-0.15, -0.1) is 11.3 Å². The Labute approximate surface area is 125 Å². The molecule has 0 bridgehead atoms. The van der Waals surface area contributed by atoms with Crippen LogP contribution in [0.3, 0.4) is 0 Å². The quantitative estimate of drug-likeness (QED) is 0.891. The van der Waals surface area contributed by atoms with Crippen molar-refractivity contribution < 1.29 is 19.1 Å². The number of halogens is 1. The van der Waals surface area contributed by atoms with Crippen molar-refractivity contribution in [3.8, 4) is 0 Å². The van der Waals surface area contributed by atoms with Crippen LogP contribution in [-0.4, -0.2) is 23.0 Å². The minimum absolute atomic E-state index is 0.00355. The van der Waals surface area contributed by atoms with Crippen molar-refractivity contribution in [2.75, 3.05) is 0 Å². The number of nitrogens with one attached hydrogen (secondary N) is 1. The maximum atomic E-state index is 13.6. The zero-order valence-corrected chi connectivity index (χ0v) is 12.5. The molecule has 21 heavy (non-hydrogen) atoms. The molecule has 1 aromatic carbocycles. The smallest absolute Gasteiger partial charge is 0.305 e. The molecule has 0 fully saturated rings. The molecule has 2 aromatic rings. The van der Waals surface area contributed by atoms with Gasteiger partial charge < -0.3 is 10.4 Å². The van der Waals surface area contributed by atoms with Crippen LogP contribution in [0, 0.1) is 11.7 Å². The summed E-state index contributed by atoms with van der Waals surface area (Å²) in [7, 11) is 0. The molecule has 0 aliphatic rings. The number of hydrogen-bond acceptors (Lipinski definition) is 3. The van der Waals surface area contributed by atoms with Gasteiger partial charge in [-0.2, -0.15) is 0 Å². The zero-order chi connectivity index (χ0) is 15.6. The van der Waals surface area contributed by atoms with E-state index in [1.54, 1.807) is 12.1 Å². The first-order valence-electron chi connectivity index (χ1n) is 6.59. The molecule has 0 saturated carbocycles. The standard InChI is InChI=1S/C15H16FNO3S/c1-8(2)11(7-14(18)19)17-15(20)13-6-9-10(16)4-3-5-12(9)21-13/h3-6,8,11H,7H2,1-2H3,(H,17,20)(H,18,19). The van der Waals surface area contributed by atoms with E-state index in [9.17, 15) is 14.0 Å². The highest BCUT2D eigenvalue weighted by molar-refractivity contribution is 7.20. The molecule has 1 atom stereocenters. The van der Waals surface area contributed by atoms with Gasteiger partial charge in [0.1, 0.15) is 5.82 Å². The SMILES string of the molecule is CC(C)C(CC(=O)O)NC(=O)c1cc2c(F)cccc2s1. The number of fused-ring (bicyclic) bond motifs is 1. The van der Waals surface area contributed by atoms with E-state index in [0.29, 0.717) is 15.0 Å². The van der Waals surface area contributed by atoms with Crippen LogP contribution < -0.4 is 5.32 Å². The van der Waals surface area contributed by atoms with Crippen LogP contribution in [-0.2, 0) is 4.79 Å². The van der Waals surface area contributed by atoms with E-state index in [1.807, 2.05) is 13.8 Å². The molecular weight excluding hydrogens is 293 g/mol. The molecule has 2 rings (SSSR count). The highest BCUT2D eigenvalue weighted by atomic mass is 32.1. The van der Waals surface area contributed by atoms with Crippen molar-refractivity contribution in [3.63, 3.8) is 0 Å². The minimum Gasteiger partial charge on any atom is -0.481 e. The van der Waals surface area contributed by atoms with E-state index in [-0.39, 0.29) is 24.1 Å². The molecule has 0 aliphatic heterocycles. The van der Waals surface area contributed by atoms with Crippen LogP contribution in [0.5, 0.6) is 0 Å². The van der Waals surface area contributed by atoms with E-state index in [2.05, 4.69) is 5.32 Å². The fourth-order valence-corrected chi connectivity index (χ4v) is 3.00. The zero-order valence-electron chi connectivity index (χ0n) is 11.7. The molecular formula is C15H16FNO3S. The van der Waals surface area contributed by atoms with E-state index < -0.39 is 12.0 Å². The Hall–Kier alpha value is -1.95. The molecule has 112 valence electrons.